The molecule has 1 saturated heterocycles. The summed E-state index contributed by atoms with van der Waals surface area (Å²) in [4.78, 5) is 22.0. The van der Waals surface area contributed by atoms with Crippen molar-refractivity contribution in [2.45, 2.75) is 26.1 Å². The van der Waals surface area contributed by atoms with Gasteiger partial charge >= 0.3 is 0 Å². The zero-order valence-corrected chi connectivity index (χ0v) is 17.4. The molecule has 2 N–H and O–H groups in total. The van der Waals surface area contributed by atoms with Gasteiger partial charge in [0.15, 0.2) is 0 Å². The molecule has 0 spiro atoms. The van der Waals surface area contributed by atoms with Gasteiger partial charge in [-0.15, -0.1) is 0 Å². The fourth-order valence-electron chi connectivity index (χ4n) is 3.84. The number of hydrogen-bond acceptors (Lipinski definition) is 5. The van der Waals surface area contributed by atoms with Gasteiger partial charge in [-0.2, -0.15) is 0 Å². The fraction of sp³-hybridized carbons (Fsp3) is 0.391. The van der Waals surface area contributed by atoms with Crippen LogP contribution in [-0.4, -0.2) is 69.2 Å². The second kappa shape index (κ2) is 9.28. The predicted molar refractivity (Wildman–Crippen MR) is 118 cm³/mol. The average molecular weight is 408 g/mol. The van der Waals surface area contributed by atoms with Crippen molar-refractivity contribution in [2.75, 3.05) is 38.0 Å². The quantitative estimate of drug-likeness (QED) is 0.628. The normalized spacial score (nSPS) is 16.0. The summed E-state index contributed by atoms with van der Waals surface area (Å²) in [6.07, 6.45) is -0.494. The molecule has 3 aromatic rings. The number of anilines is 1. The van der Waals surface area contributed by atoms with Crippen molar-refractivity contribution in [3.63, 3.8) is 0 Å². The number of carbonyl (C=O) groups excluding carboxylic acids is 1. The number of hydrogen-bond donors (Lipinski definition) is 2. The Morgan fingerprint density at radius 2 is 1.77 bits per heavy atom. The van der Waals surface area contributed by atoms with Crippen LogP contribution < -0.4 is 5.32 Å². The molecule has 1 unspecified atom stereocenters. The Hall–Kier alpha value is -2.90. The topological polar surface area (TPSA) is 73.6 Å². The molecule has 0 saturated carbocycles. The second-order valence-corrected chi connectivity index (χ2v) is 7.88. The van der Waals surface area contributed by atoms with Gasteiger partial charge in [0.05, 0.1) is 17.1 Å². The van der Waals surface area contributed by atoms with E-state index in [0.29, 0.717) is 12.5 Å². The van der Waals surface area contributed by atoms with Crippen molar-refractivity contribution in [3.8, 4) is 0 Å². The van der Waals surface area contributed by atoms with Gasteiger partial charge in [-0.25, -0.2) is 4.98 Å². The van der Waals surface area contributed by atoms with Crippen LogP contribution in [0.25, 0.3) is 11.0 Å². The first-order valence-corrected chi connectivity index (χ1v) is 10.5. The number of nitrogens with one attached hydrogen (secondary N) is 1. The number of aromatic nitrogens is 2. The lowest BCUT2D eigenvalue weighted by Gasteiger charge is -2.35. The molecular weight excluding hydrogens is 378 g/mol. The van der Waals surface area contributed by atoms with E-state index in [0.717, 1.165) is 43.8 Å². The highest BCUT2D eigenvalue weighted by Crippen LogP contribution is 2.20. The number of benzene rings is 2. The number of fused-ring (bicyclic) bond motifs is 1. The van der Waals surface area contributed by atoms with E-state index in [-0.39, 0.29) is 12.5 Å². The van der Waals surface area contributed by atoms with Crippen molar-refractivity contribution in [1.29, 1.82) is 0 Å². The largest absolute Gasteiger partial charge is 0.392 e. The number of para-hydroxylation sites is 2. The molecule has 1 aliphatic heterocycles. The molecule has 1 atom stereocenters. The zero-order valence-electron chi connectivity index (χ0n) is 17.4. The highest BCUT2D eigenvalue weighted by molar-refractivity contribution is 5.83. The first-order valence-electron chi connectivity index (χ1n) is 10.5. The molecule has 2 aromatic carbocycles. The first-order chi connectivity index (χ1) is 14.6. The molecule has 0 aliphatic carbocycles. The summed E-state index contributed by atoms with van der Waals surface area (Å²) in [5.74, 6) is 0.714. The van der Waals surface area contributed by atoms with Crippen molar-refractivity contribution >= 4 is 22.9 Å². The third-order valence-electron chi connectivity index (χ3n) is 5.48. The second-order valence-electron chi connectivity index (χ2n) is 7.88. The molecule has 1 fully saturated rings. The van der Waals surface area contributed by atoms with Crippen molar-refractivity contribution < 1.29 is 9.90 Å². The Morgan fingerprint density at radius 3 is 2.50 bits per heavy atom. The van der Waals surface area contributed by atoms with E-state index >= 15 is 0 Å². The number of carbonyl (C=O) groups is 1. The smallest absolute Gasteiger partial charge is 0.242 e. The average Bonchev–Trinajstić information content (AvgIpc) is 3.11. The van der Waals surface area contributed by atoms with Crippen molar-refractivity contribution in [3.05, 3.63) is 60.2 Å². The number of piperazine rings is 1. The van der Waals surface area contributed by atoms with Gasteiger partial charge in [-0.3, -0.25) is 9.69 Å². The highest BCUT2D eigenvalue weighted by Gasteiger charge is 2.23. The lowest BCUT2D eigenvalue weighted by Crippen LogP contribution is -2.49. The fourth-order valence-corrected chi connectivity index (χ4v) is 3.84. The molecule has 0 bridgehead atoms. The highest BCUT2D eigenvalue weighted by atomic mass is 16.3. The van der Waals surface area contributed by atoms with E-state index in [9.17, 15) is 9.90 Å². The molecule has 30 heavy (non-hydrogen) atoms. The SMILES string of the molecule is CC(O)CNc1nc2ccccc2n1CC(=O)N1CCN(Cc2ccccc2)CC1. The lowest BCUT2D eigenvalue weighted by atomic mass is 10.2. The summed E-state index contributed by atoms with van der Waals surface area (Å²) in [6.45, 7) is 6.47. The molecule has 158 valence electrons. The van der Waals surface area contributed by atoms with Crippen LogP contribution in [0.2, 0.25) is 0 Å². The molecule has 4 rings (SSSR count). The Morgan fingerprint density at radius 1 is 1.07 bits per heavy atom. The van der Waals surface area contributed by atoms with Crippen LogP contribution in [0, 0.1) is 0 Å². The standard InChI is InChI=1S/C23H29N5O2/c1-18(29)15-24-23-25-20-9-5-6-10-21(20)28(23)17-22(30)27-13-11-26(12-14-27)16-19-7-3-2-4-8-19/h2-10,18,29H,11-17H2,1H3,(H,24,25). The van der Waals surface area contributed by atoms with Gasteiger partial charge < -0.3 is 19.9 Å². The summed E-state index contributed by atoms with van der Waals surface area (Å²) < 4.78 is 1.91. The van der Waals surface area contributed by atoms with Crippen molar-refractivity contribution in [2.24, 2.45) is 0 Å². The molecule has 7 nitrogen and oxygen atoms in total. The Labute approximate surface area is 176 Å². The first kappa shape index (κ1) is 20.4. The van der Waals surface area contributed by atoms with Crippen LogP contribution in [0.1, 0.15) is 12.5 Å². The lowest BCUT2D eigenvalue weighted by molar-refractivity contribution is -0.133. The monoisotopic (exact) mass is 407 g/mol. The van der Waals surface area contributed by atoms with Gasteiger partial charge in [0.1, 0.15) is 6.54 Å². The molecule has 1 aliphatic rings. The van der Waals surface area contributed by atoms with E-state index in [2.05, 4.69) is 39.5 Å². The third kappa shape index (κ3) is 4.80. The van der Waals surface area contributed by atoms with Crippen LogP contribution in [0.3, 0.4) is 0 Å². The van der Waals surface area contributed by atoms with Gasteiger partial charge in [0.25, 0.3) is 0 Å². The molecule has 2 heterocycles. The number of aliphatic hydroxyl groups excluding tert-OH is 1. The van der Waals surface area contributed by atoms with Crippen LogP contribution in [0.4, 0.5) is 5.95 Å². The van der Waals surface area contributed by atoms with E-state index in [1.165, 1.54) is 5.56 Å². The van der Waals surface area contributed by atoms with Gasteiger partial charge in [-0.1, -0.05) is 42.5 Å². The number of imidazole rings is 1. The summed E-state index contributed by atoms with van der Waals surface area (Å²) in [5.41, 5.74) is 3.06. The van der Waals surface area contributed by atoms with Crippen LogP contribution in [0.15, 0.2) is 54.6 Å². The van der Waals surface area contributed by atoms with Crippen LogP contribution >= 0.6 is 0 Å². The van der Waals surface area contributed by atoms with Crippen LogP contribution in [0.5, 0.6) is 0 Å². The molecule has 0 radical (unpaired) electrons. The third-order valence-corrected chi connectivity index (χ3v) is 5.48. The van der Waals surface area contributed by atoms with E-state index in [1.807, 2.05) is 39.8 Å². The van der Waals surface area contributed by atoms with E-state index in [4.69, 9.17) is 0 Å². The molecule has 1 amide bonds. The zero-order chi connectivity index (χ0) is 20.9. The maximum absolute atomic E-state index is 13.0. The molecular formula is C23H29N5O2. The van der Waals surface area contributed by atoms with Crippen LogP contribution in [-0.2, 0) is 17.9 Å². The number of nitrogens with zero attached hydrogens (tertiary/aromatic N) is 4. The summed E-state index contributed by atoms with van der Waals surface area (Å²) in [7, 11) is 0. The predicted octanol–water partition coefficient (Wildman–Crippen LogP) is 2.17. The maximum Gasteiger partial charge on any atom is 0.242 e. The van der Waals surface area contributed by atoms with Gasteiger partial charge in [0, 0.05) is 39.3 Å². The maximum atomic E-state index is 13.0. The minimum Gasteiger partial charge on any atom is -0.392 e. The minimum absolute atomic E-state index is 0.0950. The number of aliphatic hydroxyl groups is 1. The number of rotatable bonds is 7. The Balaban J connectivity index is 1.40. The van der Waals surface area contributed by atoms with Gasteiger partial charge in [0.2, 0.25) is 11.9 Å². The van der Waals surface area contributed by atoms with E-state index in [1.54, 1.807) is 6.92 Å². The summed E-state index contributed by atoms with van der Waals surface area (Å²) in [6, 6.07) is 18.2. The Kier molecular flexibility index (Phi) is 6.30. The molecule has 7 heteroatoms. The molecule has 1 aromatic heterocycles. The number of amides is 1. The minimum atomic E-state index is -0.494. The van der Waals surface area contributed by atoms with Gasteiger partial charge in [-0.05, 0) is 24.6 Å². The Bertz CT molecular complexity index is 978. The van der Waals surface area contributed by atoms with Crippen molar-refractivity contribution in [1.82, 2.24) is 19.4 Å². The summed E-state index contributed by atoms with van der Waals surface area (Å²) in [5, 5.41) is 12.8. The van der Waals surface area contributed by atoms with E-state index < -0.39 is 6.10 Å². The summed E-state index contributed by atoms with van der Waals surface area (Å²) >= 11 is 0.